The molecule has 5 aliphatic rings. The molecule has 0 spiro atoms. The van der Waals surface area contributed by atoms with Crippen molar-refractivity contribution < 1.29 is 18.6 Å². The molecular formula is C35H36F2N6O2. The van der Waals surface area contributed by atoms with Gasteiger partial charge in [-0.25, -0.2) is 8.78 Å². The van der Waals surface area contributed by atoms with Crippen LogP contribution in [-0.4, -0.2) is 78.1 Å². The van der Waals surface area contributed by atoms with Crippen LogP contribution in [0.2, 0.25) is 0 Å². The summed E-state index contributed by atoms with van der Waals surface area (Å²) in [5, 5.41) is 26.1. The fourth-order valence-corrected chi connectivity index (χ4v) is 8.69. The van der Waals surface area contributed by atoms with E-state index in [2.05, 4.69) is 32.0 Å². The maximum atomic E-state index is 14.9. The number of aromatic nitrogens is 1. The van der Waals surface area contributed by atoms with Crippen LogP contribution in [0.1, 0.15) is 54.4 Å². The quantitative estimate of drug-likeness (QED) is 0.412. The predicted octanol–water partition coefficient (Wildman–Crippen LogP) is 4.39. The largest absolute Gasteiger partial charge is 0.508 e. The number of hydrogen-bond donors (Lipinski definition) is 2. The van der Waals surface area contributed by atoms with Gasteiger partial charge >= 0.3 is 0 Å². The van der Waals surface area contributed by atoms with E-state index in [1.165, 1.54) is 6.07 Å². The van der Waals surface area contributed by atoms with Crippen molar-refractivity contribution in [3.8, 4) is 30.0 Å². The van der Waals surface area contributed by atoms with E-state index in [9.17, 15) is 19.1 Å². The first-order chi connectivity index (χ1) is 21.9. The molecule has 2 aromatic carbocycles. The topological polar surface area (TPSA) is 87.9 Å². The number of nitriles is 1. The zero-order valence-corrected chi connectivity index (χ0v) is 25.2. The molecule has 2 bridgehead atoms. The van der Waals surface area contributed by atoms with Gasteiger partial charge in [-0.1, -0.05) is 12.0 Å². The van der Waals surface area contributed by atoms with E-state index >= 15 is 0 Å². The number of nitrogens with one attached hydrogen (secondary N) is 1. The van der Waals surface area contributed by atoms with E-state index < -0.39 is 12.0 Å². The van der Waals surface area contributed by atoms with Gasteiger partial charge in [-0.05, 0) is 56.2 Å². The minimum atomic E-state index is -0.879. The van der Waals surface area contributed by atoms with Crippen LogP contribution in [0.3, 0.4) is 0 Å². The second-order valence-corrected chi connectivity index (χ2v) is 13.4. The van der Waals surface area contributed by atoms with Gasteiger partial charge in [0.25, 0.3) is 0 Å². The number of rotatable bonds is 5. The maximum Gasteiger partial charge on any atom is 0.234 e. The van der Waals surface area contributed by atoms with Crippen molar-refractivity contribution in [1.29, 1.82) is 5.26 Å². The van der Waals surface area contributed by atoms with Crippen LogP contribution >= 0.6 is 0 Å². The summed E-state index contributed by atoms with van der Waals surface area (Å²) >= 11 is 0. The fourth-order valence-electron chi connectivity index (χ4n) is 8.69. The Kier molecular flexibility index (Phi) is 6.78. The molecule has 3 aromatic rings. The molecule has 6 heterocycles. The average Bonchev–Trinajstić information content (AvgIpc) is 3.68. The van der Waals surface area contributed by atoms with Gasteiger partial charge in [-0.15, -0.1) is 6.42 Å². The number of aromatic hydroxyl groups is 1. The summed E-state index contributed by atoms with van der Waals surface area (Å²) in [7, 11) is 0. The molecule has 4 atom stereocenters. The first-order valence-corrected chi connectivity index (χ1v) is 16.0. The van der Waals surface area contributed by atoms with E-state index in [-0.39, 0.29) is 23.5 Å². The molecular weight excluding hydrogens is 574 g/mol. The van der Waals surface area contributed by atoms with Gasteiger partial charge in [0.15, 0.2) is 0 Å². The molecule has 5 aliphatic heterocycles. The third-order valence-corrected chi connectivity index (χ3v) is 10.7. The number of phenolic OH excluding ortho intramolecular Hbond substituents is 1. The number of benzene rings is 2. The Bertz CT molecular complexity index is 1770. The summed E-state index contributed by atoms with van der Waals surface area (Å²) in [4.78, 5) is 11.7. The molecule has 4 fully saturated rings. The molecule has 232 valence electrons. The fraction of sp³-hybridized carbons (Fsp3) is 0.486. The summed E-state index contributed by atoms with van der Waals surface area (Å²) in [5.74, 6) is 3.21. The molecule has 4 unspecified atom stereocenters. The zero-order valence-electron chi connectivity index (χ0n) is 25.2. The Hall–Kier alpha value is -4.12. The average molecular weight is 611 g/mol. The van der Waals surface area contributed by atoms with E-state index in [1.54, 1.807) is 18.2 Å². The summed E-state index contributed by atoms with van der Waals surface area (Å²) in [6.07, 6.45) is 10.0. The number of anilines is 2. The summed E-state index contributed by atoms with van der Waals surface area (Å²) < 4.78 is 36.0. The van der Waals surface area contributed by atoms with Gasteiger partial charge in [0.2, 0.25) is 5.88 Å². The van der Waals surface area contributed by atoms with Gasteiger partial charge in [0.05, 0.1) is 11.1 Å². The van der Waals surface area contributed by atoms with E-state index in [1.807, 2.05) is 0 Å². The van der Waals surface area contributed by atoms with Gasteiger partial charge < -0.3 is 25.0 Å². The second kappa shape index (κ2) is 10.8. The van der Waals surface area contributed by atoms with Crippen LogP contribution < -0.4 is 19.9 Å². The van der Waals surface area contributed by atoms with Crippen LogP contribution in [0, 0.1) is 29.5 Å². The first kappa shape index (κ1) is 28.4. The Morgan fingerprint density at radius 3 is 2.71 bits per heavy atom. The smallest absolute Gasteiger partial charge is 0.234 e. The standard InChI is InChI=1S/C35H36F2N6O2/c1-2-26-30(37)7-4-21-12-25(44)13-31(32(21)26)41-11-8-27-29(19-41)28(15-38)34(40-33(27)42-17-23-5-6-24(18-42)39-23)45-20-35-9-3-10-43(35)16-22(36)14-35/h1,4,7,12-13,22-24,39,44H,3,5-6,8-11,14,16-20H2. The lowest BCUT2D eigenvalue weighted by Crippen LogP contribution is -2.52. The number of hydrogen-bond acceptors (Lipinski definition) is 8. The maximum absolute atomic E-state index is 14.9. The van der Waals surface area contributed by atoms with Crippen LogP contribution in [-0.2, 0) is 13.0 Å². The number of pyridine rings is 1. The van der Waals surface area contributed by atoms with Crippen molar-refractivity contribution >= 4 is 22.3 Å². The number of piperazine rings is 1. The van der Waals surface area contributed by atoms with Crippen molar-refractivity contribution in [2.45, 2.75) is 68.9 Å². The lowest BCUT2D eigenvalue weighted by molar-refractivity contribution is 0.110. The van der Waals surface area contributed by atoms with Crippen molar-refractivity contribution in [1.82, 2.24) is 15.2 Å². The molecule has 0 radical (unpaired) electrons. The molecule has 8 nitrogen and oxygen atoms in total. The first-order valence-electron chi connectivity index (χ1n) is 16.0. The minimum absolute atomic E-state index is 0.0530. The third-order valence-electron chi connectivity index (χ3n) is 10.7. The number of ether oxygens (including phenoxy) is 1. The highest BCUT2D eigenvalue weighted by atomic mass is 19.1. The summed E-state index contributed by atoms with van der Waals surface area (Å²) in [6, 6.07) is 9.33. The molecule has 45 heavy (non-hydrogen) atoms. The molecule has 10 heteroatoms. The summed E-state index contributed by atoms with van der Waals surface area (Å²) in [5.41, 5.74) is 2.61. The highest BCUT2D eigenvalue weighted by molar-refractivity contribution is 6.00. The van der Waals surface area contributed by atoms with Gasteiger partial charge in [-0.3, -0.25) is 4.90 Å². The molecule has 0 amide bonds. The number of nitrogens with zero attached hydrogens (tertiary/aromatic N) is 5. The molecule has 0 saturated carbocycles. The Labute approximate surface area is 261 Å². The lowest BCUT2D eigenvalue weighted by Gasteiger charge is -2.39. The Balaban J connectivity index is 1.22. The van der Waals surface area contributed by atoms with Crippen molar-refractivity contribution in [2.24, 2.45) is 0 Å². The van der Waals surface area contributed by atoms with Gasteiger partial charge in [-0.2, -0.15) is 10.2 Å². The van der Waals surface area contributed by atoms with E-state index in [4.69, 9.17) is 16.1 Å². The van der Waals surface area contributed by atoms with Crippen LogP contribution in [0.15, 0.2) is 24.3 Å². The second-order valence-electron chi connectivity index (χ2n) is 13.4. The molecule has 8 rings (SSSR count). The van der Waals surface area contributed by atoms with Crippen molar-refractivity contribution in [2.75, 3.05) is 49.1 Å². The van der Waals surface area contributed by atoms with E-state index in [0.717, 1.165) is 62.3 Å². The normalized spacial score (nSPS) is 27.3. The van der Waals surface area contributed by atoms with Crippen molar-refractivity contribution in [3.05, 3.63) is 52.3 Å². The van der Waals surface area contributed by atoms with Crippen LogP contribution in [0.25, 0.3) is 10.8 Å². The van der Waals surface area contributed by atoms with Crippen molar-refractivity contribution in [3.63, 3.8) is 0 Å². The number of phenols is 1. The Morgan fingerprint density at radius 2 is 1.93 bits per heavy atom. The lowest BCUT2D eigenvalue weighted by atomic mass is 9.93. The summed E-state index contributed by atoms with van der Waals surface area (Å²) in [6.45, 7) is 4.13. The molecule has 4 saturated heterocycles. The van der Waals surface area contributed by atoms with E-state index in [0.29, 0.717) is 72.5 Å². The number of halogens is 2. The third kappa shape index (κ3) is 4.65. The SMILES string of the molecule is C#Cc1c(F)ccc2cc(O)cc(N3CCc4c(N5CC6CCC(C5)N6)nc(OCC56CCCN5CC(F)C6)c(C#N)c4C3)c12. The van der Waals surface area contributed by atoms with Crippen LogP contribution in [0.5, 0.6) is 11.6 Å². The molecule has 0 aliphatic carbocycles. The zero-order chi connectivity index (χ0) is 30.9. The molecule has 1 aromatic heterocycles. The molecule has 2 N–H and O–H groups in total. The Morgan fingerprint density at radius 1 is 1.11 bits per heavy atom. The van der Waals surface area contributed by atoms with Crippen LogP contribution in [0.4, 0.5) is 20.3 Å². The highest BCUT2D eigenvalue weighted by Crippen LogP contribution is 2.43. The monoisotopic (exact) mass is 610 g/mol. The number of terminal acetylenes is 1. The number of fused-ring (bicyclic) bond motifs is 5. The number of alkyl halides is 1. The van der Waals surface area contributed by atoms with Gasteiger partial charge in [0.1, 0.15) is 41.8 Å². The van der Waals surface area contributed by atoms with Gasteiger partial charge in [0, 0.05) is 79.5 Å². The highest BCUT2D eigenvalue weighted by Gasteiger charge is 2.49. The predicted molar refractivity (Wildman–Crippen MR) is 168 cm³/mol. The minimum Gasteiger partial charge on any atom is -0.508 e.